The van der Waals surface area contributed by atoms with Gasteiger partial charge in [-0.1, -0.05) is 32.4 Å². The molecule has 4 nitrogen and oxygen atoms in total. The van der Waals surface area contributed by atoms with Crippen LogP contribution in [0, 0.1) is 5.92 Å². The highest BCUT2D eigenvalue weighted by molar-refractivity contribution is 5.73. The molecule has 18 heavy (non-hydrogen) atoms. The molecule has 0 saturated carbocycles. The van der Waals surface area contributed by atoms with Crippen molar-refractivity contribution in [3.8, 4) is 5.75 Å². The van der Waals surface area contributed by atoms with Gasteiger partial charge in [0.15, 0.2) is 0 Å². The molecule has 100 valence electrons. The number of hydrogen-bond donors (Lipinski definition) is 2. The number of primary amides is 1. The maximum Gasteiger partial charge on any atom is 0.220 e. The maximum atomic E-state index is 10.7. The zero-order chi connectivity index (χ0) is 13.4. The van der Waals surface area contributed by atoms with Gasteiger partial charge in [0.25, 0.3) is 0 Å². The van der Waals surface area contributed by atoms with Gasteiger partial charge in [-0.3, -0.25) is 4.79 Å². The summed E-state index contributed by atoms with van der Waals surface area (Å²) in [6.45, 7) is 5.59. The van der Waals surface area contributed by atoms with Crippen LogP contribution in [0.1, 0.15) is 26.7 Å². The molecule has 0 fully saturated rings. The Balaban J connectivity index is 2.53. The van der Waals surface area contributed by atoms with Gasteiger partial charge in [0, 0.05) is 6.54 Å². The monoisotopic (exact) mass is 250 g/mol. The minimum Gasteiger partial charge on any atom is -0.491 e. The van der Waals surface area contributed by atoms with E-state index < -0.39 is 0 Å². The Kier molecular flexibility index (Phi) is 6.05. The number of para-hydroxylation sites is 2. The molecule has 0 aliphatic rings. The first-order valence-corrected chi connectivity index (χ1v) is 6.37. The predicted octanol–water partition coefficient (Wildman–Crippen LogP) is 2.40. The lowest BCUT2D eigenvalue weighted by molar-refractivity contribution is -0.118. The first-order valence-electron chi connectivity index (χ1n) is 6.37. The van der Waals surface area contributed by atoms with Crippen LogP contribution in [0.4, 0.5) is 5.69 Å². The van der Waals surface area contributed by atoms with E-state index in [1.165, 1.54) is 0 Å². The van der Waals surface area contributed by atoms with Crippen LogP contribution in [0.15, 0.2) is 24.3 Å². The highest BCUT2D eigenvalue weighted by Crippen LogP contribution is 2.24. The van der Waals surface area contributed by atoms with E-state index in [2.05, 4.69) is 19.2 Å². The number of nitrogens with one attached hydrogen (secondary N) is 1. The average molecular weight is 250 g/mol. The first kappa shape index (κ1) is 14.4. The van der Waals surface area contributed by atoms with Crippen molar-refractivity contribution in [1.29, 1.82) is 0 Å². The van der Waals surface area contributed by atoms with Crippen molar-refractivity contribution in [2.45, 2.75) is 26.7 Å². The van der Waals surface area contributed by atoms with Gasteiger partial charge in [-0.15, -0.1) is 0 Å². The summed E-state index contributed by atoms with van der Waals surface area (Å²) in [7, 11) is 0. The summed E-state index contributed by atoms with van der Waals surface area (Å²) < 4.78 is 5.55. The number of carbonyl (C=O) groups excluding carboxylic acids is 1. The lowest BCUT2D eigenvalue weighted by Crippen LogP contribution is -2.15. The fraction of sp³-hybridized carbons (Fsp3) is 0.500. The van der Waals surface area contributed by atoms with Gasteiger partial charge in [0.05, 0.1) is 18.7 Å². The smallest absolute Gasteiger partial charge is 0.220 e. The fourth-order valence-corrected chi connectivity index (χ4v) is 1.43. The van der Waals surface area contributed by atoms with Crippen LogP contribution < -0.4 is 15.8 Å². The zero-order valence-electron chi connectivity index (χ0n) is 11.1. The van der Waals surface area contributed by atoms with E-state index in [4.69, 9.17) is 10.5 Å². The minimum absolute atomic E-state index is 0.236. The van der Waals surface area contributed by atoms with E-state index in [0.717, 1.165) is 24.4 Å². The molecular formula is C14H22N2O2. The number of benzene rings is 1. The van der Waals surface area contributed by atoms with Crippen molar-refractivity contribution in [3.05, 3.63) is 24.3 Å². The Morgan fingerprint density at radius 3 is 2.83 bits per heavy atom. The van der Waals surface area contributed by atoms with Crippen molar-refractivity contribution in [2.24, 2.45) is 11.7 Å². The number of nitrogens with two attached hydrogens (primary N) is 1. The highest BCUT2D eigenvalue weighted by Gasteiger charge is 2.05. The predicted molar refractivity (Wildman–Crippen MR) is 73.7 cm³/mol. The second-order valence-electron chi connectivity index (χ2n) is 4.46. The lowest BCUT2D eigenvalue weighted by atomic mass is 10.1. The Bertz CT molecular complexity index is 380. The third-order valence-corrected chi connectivity index (χ3v) is 2.83. The number of carbonyl (C=O) groups is 1. The quantitative estimate of drug-likeness (QED) is 0.744. The molecule has 0 aliphatic heterocycles. The lowest BCUT2D eigenvalue weighted by Gasteiger charge is -2.15. The van der Waals surface area contributed by atoms with E-state index in [1.54, 1.807) is 0 Å². The van der Waals surface area contributed by atoms with Gasteiger partial charge < -0.3 is 15.8 Å². The SMILES string of the molecule is CCC(C)CNc1ccccc1OCCC(N)=O. The highest BCUT2D eigenvalue weighted by atomic mass is 16.5. The third kappa shape index (κ3) is 5.08. The summed E-state index contributed by atoms with van der Waals surface area (Å²) in [5.41, 5.74) is 6.04. The summed E-state index contributed by atoms with van der Waals surface area (Å²) in [6, 6.07) is 7.73. The Hall–Kier alpha value is -1.71. The van der Waals surface area contributed by atoms with Gasteiger partial charge >= 0.3 is 0 Å². The molecule has 0 bridgehead atoms. The van der Waals surface area contributed by atoms with E-state index in [1.807, 2.05) is 24.3 Å². The summed E-state index contributed by atoms with van der Waals surface area (Å²) in [5, 5.41) is 3.36. The van der Waals surface area contributed by atoms with E-state index in [0.29, 0.717) is 12.5 Å². The van der Waals surface area contributed by atoms with Crippen molar-refractivity contribution in [1.82, 2.24) is 0 Å². The molecule has 1 amide bonds. The van der Waals surface area contributed by atoms with Crippen molar-refractivity contribution in [3.63, 3.8) is 0 Å². The van der Waals surface area contributed by atoms with Crippen LogP contribution in [0.5, 0.6) is 5.75 Å². The van der Waals surface area contributed by atoms with Gasteiger partial charge in [0.2, 0.25) is 5.91 Å². The molecule has 1 rings (SSSR count). The van der Waals surface area contributed by atoms with Crippen LogP contribution in [0.25, 0.3) is 0 Å². The molecule has 0 aliphatic carbocycles. The standard InChI is InChI=1S/C14H22N2O2/c1-3-11(2)10-16-12-6-4-5-7-13(12)18-9-8-14(15)17/h4-7,11,16H,3,8-10H2,1-2H3,(H2,15,17). The Labute approximate surface area is 109 Å². The Morgan fingerprint density at radius 1 is 1.44 bits per heavy atom. The van der Waals surface area contributed by atoms with E-state index >= 15 is 0 Å². The molecule has 1 atom stereocenters. The van der Waals surface area contributed by atoms with E-state index in [9.17, 15) is 4.79 Å². The number of anilines is 1. The number of hydrogen-bond acceptors (Lipinski definition) is 3. The molecule has 1 aromatic rings. The Morgan fingerprint density at radius 2 is 2.17 bits per heavy atom. The van der Waals surface area contributed by atoms with Gasteiger partial charge in [-0.2, -0.15) is 0 Å². The minimum atomic E-state index is -0.347. The second kappa shape index (κ2) is 7.58. The third-order valence-electron chi connectivity index (χ3n) is 2.83. The molecule has 0 aromatic heterocycles. The molecule has 0 spiro atoms. The average Bonchev–Trinajstić information content (AvgIpc) is 2.36. The molecule has 3 N–H and O–H groups in total. The van der Waals surface area contributed by atoms with Crippen LogP contribution in [-0.2, 0) is 4.79 Å². The second-order valence-corrected chi connectivity index (χ2v) is 4.46. The number of ether oxygens (including phenoxy) is 1. The molecule has 4 heteroatoms. The van der Waals surface area contributed by atoms with Crippen molar-refractivity contribution >= 4 is 11.6 Å². The first-order chi connectivity index (χ1) is 8.63. The number of rotatable bonds is 8. The summed E-state index contributed by atoms with van der Waals surface area (Å²) in [4.78, 5) is 10.7. The van der Waals surface area contributed by atoms with Gasteiger partial charge in [-0.05, 0) is 18.1 Å². The van der Waals surface area contributed by atoms with E-state index in [-0.39, 0.29) is 12.3 Å². The van der Waals surface area contributed by atoms with Crippen molar-refractivity contribution in [2.75, 3.05) is 18.5 Å². The maximum absolute atomic E-state index is 10.7. The summed E-state index contributed by atoms with van der Waals surface area (Å²) >= 11 is 0. The largest absolute Gasteiger partial charge is 0.491 e. The van der Waals surface area contributed by atoms with Gasteiger partial charge in [0.1, 0.15) is 5.75 Å². The normalized spacial score (nSPS) is 11.9. The molecular weight excluding hydrogens is 228 g/mol. The molecule has 0 heterocycles. The van der Waals surface area contributed by atoms with Crippen LogP contribution >= 0.6 is 0 Å². The van der Waals surface area contributed by atoms with Crippen molar-refractivity contribution < 1.29 is 9.53 Å². The van der Waals surface area contributed by atoms with Crippen LogP contribution in [0.3, 0.4) is 0 Å². The van der Waals surface area contributed by atoms with Crippen LogP contribution in [0.2, 0.25) is 0 Å². The summed E-state index contributed by atoms with van der Waals surface area (Å²) in [5.74, 6) is 1.03. The molecule has 0 radical (unpaired) electrons. The zero-order valence-corrected chi connectivity index (χ0v) is 11.1. The molecule has 1 aromatic carbocycles. The number of amides is 1. The molecule has 0 saturated heterocycles. The topological polar surface area (TPSA) is 64.3 Å². The van der Waals surface area contributed by atoms with Gasteiger partial charge in [-0.25, -0.2) is 0 Å². The fourth-order valence-electron chi connectivity index (χ4n) is 1.43. The summed E-state index contributed by atoms with van der Waals surface area (Å²) in [6.07, 6.45) is 1.37. The van der Waals surface area contributed by atoms with Crippen LogP contribution in [-0.4, -0.2) is 19.1 Å². The molecule has 1 unspecified atom stereocenters.